The molecule has 0 amide bonds. The fourth-order valence-corrected chi connectivity index (χ4v) is 3.36. The number of benzene rings is 2. The SMILES string of the molecule is c1ccc(N2CCOCCOCCN(c3ccccc3)CCOCCOCC2)cc1. The monoisotopic (exact) mass is 414 g/mol. The molecule has 6 nitrogen and oxygen atoms in total. The summed E-state index contributed by atoms with van der Waals surface area (Å²) >= 11 is 0. The van der Waals surface area contributed by atoms with Crippen molar-refractivity contribution in [3.8, 4) is 0 Å². The Morgan fingerprint density at radius 2 is 0.700 bits per heavy atom. The maximum Gasteiger partial charge on any atom is 0.0701 e. The number of hydrogen-bond donors (Lipinski definition) is 0. The van der Waals surface area contributed by atoms with Gasteiger partial charge in [-0.25, -0.2) is 0 Å². The van der Waals surface area contributed by atoms with Gasteiger partial charge in [-0.1, -0.05) is 36.4 Å². The molecule has 0 unspecified atom stereocenters. The first-order valence-corrected chi connectivity index (χ1v) is 10.8. The van der Waals surface area contributed by atoms with E-state index in [1.807, 2.05) is 12.1 Å². The van der Waals surface area contributed by atoms with Gasteiger partial charge in [0.1, 0.15) is 0 Å². The van der Waals surface area contributed by atoms with Gasteiger partial charge < -0.3 is 28.7 Å². The highest BCUT2D eigenvalue weighted by molar-refractivity contribution is 5.46. The van der Waals surface area contributed by atoms with Crippen molar-refractivity contribution in [3.63, 3.8) is 0 Å². The molecular weight excluding hydrogens is 380 g/mol. The normalized spacial score (nSPS) is 19.1. The minimum absolute atomic E-state index is 0.605. The highest BCUT2D eigenvalue weighted by Crippen LogP contribution is 2.13. The Labute approximate surface area is 180 Å². The lowest BCUT2D eigenvalue weighted by Gasteiger charge is -2.26. The van der Waals surface area contributed by atoms with Crippen LogP contribution in [0, 0.1) is 0 Å². The van der Waals surface area contributed by atoms with E-state index in [1.54, 1.807) is 0 Å². The molecule has 164 valence electrons. The summed E-state index contributed by atoms with van der Waals surface area (Å²) in [6.45, 7) is 8.38. The summed E-state index contributed by atoms with van der Waals surface area (Å²) < 4.78 is 23.2. The zero-order valence-electron chi connectivity index (χ0n) is 17.8. The van der Waals surface area contributed by atoms with E-state index in [9.17, 15) is 0 Å². The first kappa shape index (κ1) is 22.6. The molecule has 1 aliphatic heterocycles. The molecule has 1 aliphatic rings. The molecule has 2 aromatic rings. The van der Waals surface area contributed by atoms with Gasteiger partial charge in [0.15, 0.2) is 0 Å². The third kappa shape index (κ3) is 8.32. The second-order valence-corrected chi connectivity index (χ2v) is 7.09. The van der Waals surface area contributed by atoms with E-state index in [4.69, 9.17) is 18.9 Å². The van der Waals surface area contributed by atoms with Crippen LogP contribution in [0.2, 0.25) is 0 Å². The zero-order valence-corrected chi connectivity index (χ0v) is 17.8. The summed E-state index contributed by atoms with van der Waals surface area (Å²) in [6.07, 6.45) is 0. The standard InChI is InChI=1S/C24H34N2O4/c1-3-7-23(8-4-1)25-11-15-27-19-21-29-17-13-26(24-9-5-2-6-10-24)14-18-30-22-20-28-16-12-25/h1-10H,11-22H2. The Morgan fingerprint density at radius 3 is 1.00 bits per heavy atom. The second-order valence-electron chi connectivity index (χ2n) is 7.09. The zero-order chi connectivity index (χ0) is 20.7. The maximum atomic E-state index is 5.80. The molecule has 6 heteroatoms. The van der Waals surface area contributed by atoms with Gasteiger partial charge in [0.05, 0.1) is 52.9 Å². The van der Waals surface area contributed by atoms with E-state index in [-0.39, 0.29) is 0 Å². The van der Waals surface area contributed by atoms with E-state index in [1.165, 1.54) is 11.4 Å². The summed E-state index contributed by atoms with van der Waals surface area (Å²) in [5, 5.41) is 0. The van der Waals surface area contributed by atoms with Crippen LogP contribution in [0.5, 0.6) is 0 Å². The molecule has 0 aromatic heterocycles. The molecule has 0 radical (unpaired) electrons. The second kappa shape index (κ2) is 14.0. The van der Waals surface area contributed by atoms with Crippen molar-refractivity contribution in [1.29, 1.82) is 0 Å². The Hall–Kier alpha value is -2.12. The number of nitrogens with zero attached hydrogens (tertiary/aromatic N) is 2. The smallest absolute Gasteiger partial charge is 0.0701 e. The van der Waals surface area contributed by atoms with Crippen LogP contribution in [-0.4, -0.2) is 79.0 Å². The van der Waals surface area contributed by atoms with Crippen LogP contribution in [0.25, 0.3) is 0 Å². The number of anilines is 2. The van der Waals surface area contributed by atoms with Crippen molar-refractivity contribution >= 4 is 11.4 Å². The lowest BCUT2D eigenvalue weighted by Crippen LogP contribution is -2.33. The predicted octanol–water partition coefficient (Wildman–Crippen LogP) is 3.08. The number of rotatable bonds is 2. The van der Waals surface area contributed by atoms with Gasteiger partial charge in [0.2, 0.25) is 0 Å². The molecule has 0 saturated carbocycles. The van der Waals surface area contributed by atoms with Crippen LogP contribution in [-0.2, 0) is 18.9 Å². The van der Waals surface area contributed by atoms with Gasteiger partial charge in [-0.05, 0) is 24.3 Å². The van der Waals surface area contributed by atoms with Crippen LogP contribution in [0.3, 0.4) is 0 Å². The molecule has 0 atom stereocenters. The number of hydrogen-bond acceptors (Lipinski definition) is 6. The fourth-order valence-electron chi connectivity index (χ4n) is 3.36. The van der Waals surface area contributed by atoms with Crippen LogP contribution in [0.15, 0.2) is 60.7 Å². The highest BCUT2D eigenvalue weighted by atomic mass is 16.5. The average Bonchev–Trinajstić information content (AvgIpc) is 2.80. The predicted molar refractivity (Wildman–Crippen MR) is 121 cm³/mol. The fraction of sp³-hybridized carbons (Fsp3) is 0.500. The first-order chi connectivity index (χ1) is 14.9. The molecule has 1 heterocycles. The molecule has 0 bridgehead atoms. The summed E-state index contributed by atoms with van der Waals surface area (Å²) in [4.78, 5) is 4.59. The van der Waals surface area contributed by atoms with Gasteiger partial charge in [-0.3, -0.25) is 0 Å². The van der Waals surface area contributed by atoms with E-state index in [0.29, 0.717) is 52.9 Å². The maximum absolute atomic E-state index is 5.80. The largest absolute Gasteiger partial charge is 0.377 e. The Balaban J connectivity index is 1.48. The van der Waals surface area contributed by atoms with Crippen LogP contribution in [0.1, 0.15) is 0 Å². The van der Waals surface area contributed by atoms with Gasteiger partial charge in [0.25, 0.3) is 0 Å². The van der Waals surface area contributed by atoms with Crippen molar-refractivity contribution in [1.82, 2.24) is 0 Å². The molecule has 0 N–H and O–H groups in total. The molecule has 3 rings (SSSR count). The highest BCUT2D eigenvalue weighted by Gasteiger charge is 2.08. The third-order valence-electron chi connectivity index (χ3n) is 5.01. The van der Waals surface area contributed by atoms with E-state index < -0.39 is 0 Å². The number of ether oxygens (including phenoxy) is 4. The summed E-state index contributed by atoms with van der Waals surface area (Å²) in [5.41, 5.74) is 2.38. The summed E-state index contributed by atoms with van der Waals surface area (Å²) in [7, 11) is 0. The van der Waals surface area contributed by atoms with Gasteiger partial charge in [0, 0.05) is 37.6 Å². The van der Waals surface area contributed by atoms with Gasteiger partial charge in [-0.15, -0.1) is 0 Å². The van der Waals surface area contributed by atoms with E-state index in [2.05, 4.69) is 58.3 Å². The van der Waals surface area contributed by atoms with Crippen molar-refractivity contribution < 1.29 is 18.9 Å². The lowest BCUT2D eigenvalue weighted by molar-refractivity contribution is 0.0436. The van der Waals surface area contributed by atoms with E-state index >= 15 is 0 Å². The molecule has 0 spiro atoms. The van der Waals surface area contributed by atoms with Crippen molar-refractivity contribution in [2.45, 2.75) is 0 Å². The summed E-state index contributed by atoms with van der Waals surface area (Å²) in [5.74, 6) is 0. The van der Waals surface area contributed by atoms with Crippen LogP contribution < -0.4 is 9.80 Å². The van der Waals surface area contributed by atoms with Crippen molar-refractivity contribution in [3.05, 3.63) is 60.7 Å². The minimum Gasteiger partial charge on any atom is -0.377 e. The van der Waals surface area contributed by atoms with E-state index in [0.717, 1.165) is 26.2 Å². The Kier molecular flexibility index (Phi) is 10.5. The molecule has 1 fully saturated rings. The Bertz CT molecular complexity index is 592. The summed E-state index contributed by atoms with van der Waals surface area (Å²) in [6, 6.07) is 20.8. The molecule has 1 saturated heterocycles. The molecule has 2 aromatic carbocycles. The van der Waals surface area contributed by atoms with Crippen molar-refractivity contribution in [2.24, 2.45) is 0 Å². The first-order valence-electron chi connectivity index (χ1n) is 10.8. The topological polar surface area (TPSA) is 43.4 Å². The molecular formula is C24H34N2O4. The van der Waals surface area contributed by atoms with Gasteiger partial charge in [-0.2, -0.15) is 0 Å². The lowest BCUT2D eigenvalue weighted by atomic mass is 10.3. The Morgan fingerprint density at radius 1 is 0.400 bits per heavy atom. The minimum atomic E-state index is 0.605. The quantitative estimate of drug-likeness (QED) is 0.753. The van der Waals surface area contributed by atoms with Crippen LogP contribution in [0.4, 0.5) is 11.4 Å². The third-order valence-corrected chi connectivity index (χ3v) is 5.01. The van der Waals surface area contributed by atoms with Gasteiger partial charge >= 0.3 is 0 Å². The molecule has 30 heavy (non-hydrogen) atoms. The van der Waals surface area contributed by atoms with Crippen molar-refractivity contribution in [2.75, 3.05) is 88.8 Å². The molecule has 0 aliphatic carbocycles. The average molecular weight is 415 g/mol. The van der Waals surface area contributed by atoms with Crippen LogP contribution >= 0.6 is 0 Å². The number of para-hydroxylation sites is 2.